The van der Waals surface area contributed by atoms with Gasteiger partial charge in [-0.05, 0) is 31.0 Å². The van der Waals surface area contributed by atoms with Gasteiger partial charge in [-0.3, -0.25) is 4.79 Å². The van der Waals surface area contributed by atoms with Crippen molar-refractivity contribution in [1.29, 1.82) is 0 Å². The minimum Gasteiger partial charge on any atom is -0.341 e. The minimum absolute atomic E-state index is 0.0825. The van der Waals surface area contributed by atoms with Crippen molar-refractivity contribution < 1.29 is 4.79 Å². The third kappa shape index (κ3) is 3.74. The summed E-state index contributed by atoms with van der Waals surface area (Å²) in [4.78, 5) is 13.9. The molecule has 1 aromatic carbocycles. The standard InChI is InChI=1S/C16H23ClN2O/c1-11(2)16(20)19-8-7-15(10-19)18-12(3)13-5-4-6-14(17)9-13/h4-6,9,11-12,15,18H,7-8,10H2,1-3H3/t12-,15-/m0/s1. The van der Waals surface area contributed by atoms with Crippen molar-refractivity contribution >= 4 is 17.5 Å². The molecule has 1 N–H and O–H groups in total. The van der Waals surface area contributed by atoms with E-state index in [0.29, 0.717) is 6.04 Å². The number of rotatable bonds is 4. The van der Waals surface area contributed by atoms with Crippen LogP contribution in [0.1, 0.15) is 38.8 Å². The number of nitrogens with one attached hydrogen (secondary N) is 1. The lowest BCUT2D eigenvalue weighted by molar-refractivity contribution is -0.133. The van der Waals surface area contributed by atoms with Crippen molar-refractivity contribution in [2.75, 3.05) is 13.1 Å². The number of carbonyl (C=O) groups excluding carboxylic acids is 1. The zero-order valence-electron chi connectivity index (χ0n) is 12.4. The van der Waals surface area contributed by atoms with Crippen molar-refractivity contribution in [3.8, 4) is 0 Å². The Balaban J connectivity index is 1.90. The molecule has 3 nitrogen and oxygen atoms in total. The van der Waals surface area contributed by atoms with E-state index >= 15 is 0 Å². The summed E-state index contributed by atoms with van der Waals surface area (Å²) in [6.45, 7) is 7.72. The summed E-state index contributed by atoms with van der Waals surface area (Å²) in [5, 5.41) is 4.36. The summed E-state index contributed by atoms with van der Waals surface area (Å²) in [7, 11) is 0. The summed E-state index contributed by atoms with van der Waals surface area (Å²) >= 11 is 6.02. The Labute approximate surface area is 126 Å². The molecular weight excluding hydrogens is 272 g/mol. The molecule has 0 radical (unpaired) electrons. The molecule has 0 unspecified atom stereocenters. The highest BCUT2D eigenvalue weighted by atomic mass is 35.5. The highest BCUT2D eigenvalue weighted by Crippen LogP contribution is 2.20. The fraction of sp³-hybridized carbons (Fsp3) is 0.562. The van der Waals surface area contributed by atoms with E-state index in [2.05, 4.69) is 18.3 Å². The van der Waals surface area contributed by atoms with E-state index in [1.807, 2.05) is 36.9 Å². The van der Waals surface area contributed by atoms with E-state index in [9.17, 15) is 4.79 Å². The quantitative estimate of drug-likeness (QED) is 0.924. The van der Waals surface area contributed by atoms with E-state index in [0.717, 1.165) is 24.5 Å². The Bertz CT molecular complexity index is 475. The van der Waals surface area contributed by atoms with Crippen molar-refractivity contribution in [3.63, 3.8) is 0 Å². The largest absolute Gasteiger partial charge is 0.341 e. The Kier molecular flexibility index (Phi) is 5.06. The van der Waals surface area contributed by atoms with Crippen LogP contribution in [-0.4, -0.2) is 29.9 Å². The van der Waals surface area contributed by atoms with Crippen LogP contribution in [0.15, 0.2) is 24.3 Å². The van der Waals surface area contributed by atoms with Crippen LogP contribution in [0.3, 0.4) is 0 Å². The molecular formula is C16H23ClN2O. The summed E-state index contributed by atoms with van der Waals surface area (Å²) < 4.78 is 0. The molecule has 4 heteroatoms. The lowest BCUT2D eigenvalue weighted by Gasteiger charge is -2.22. The number of likely N-dealkylation sites (tertiary alicyclic amines) is 1. The first-order valence-electron chi connectivity index (χ1n) is 7.27. The zero-order chi connectivity index (χ0) is 14.7. The molecule has 1 saturated heterocycles. The molecule has 2 rings (SSSR count). The van der Waals surface area contributed by atoms with E-state index in [-0.39, 0.29) is 17.9 Å². The molecule has 1 aliphatic rings. The van der Waals surface area contributed by atoms with Crippen LogP contribution < -0.4 is 5.32 Å². The molecule has 0 saturated carbocycles. The average molecular weight is 295 g/mol. The van der Waals surface area contributed by atoms with E-state index in [4.69, 9.17) is 11.6 Å². The second-order valence-electron chi connectivity index (χ2n) is 5.87. The van der Waals surface area contributed by atoms with Crippen molar-refractivity contribution in [1.82, 2.24) is 10.2 Å². The monoisotopic (exact) mass is 294 g/mol. The summed E-state index contributed by atoms with van der Waals surface area (Å²) in [5.74, 6) is 0.337. The van der Waals surface area contributed by atoms with Crippen molar-refractivity contribution in [2.45, 2.75) is 39.3 Å². The van der Waals surface area contributed by atoms with Crippen LogP contribution >= 0.6 is 11.6 Å². The van der Waals surface area contributed by atoms with Gasteiger partial charge in [-0.1, -0.05) is 37.6 Å². The van der Waals surface area contributed by atoms with Gasteiger partial charge in [0.25, 0.3) is 0 Å². The maximum Gasteiger partial charge on any atom is 0.225 e. The summed E-state index contributed by atoms with van der Waals surface area (Å²) in [5.41, 5.74) is 1.19. The molecule has 0 bridgehead atoms. The molecule has 1 fully saturated rings. The molecule has 1 aliphatic heterocycles. The minimum atomic E-state index is 0.0825. The highest BCUT2D eigenvalue weighted by molar-refractivity contribution is 6.30. The number of hydrogen-bond acceptors (Lipinski definition) is 2. The third-order valence-electron chi connectivity index (χ3n) is 3.83. The molecule has 2 atom stereocenters. The Morgan fingerprint density at radius 3 is 2.80 bits per heavy atom. The maximum absolute atomic E-state index is 12.0. The predicted molar refractivity (Wildman–Crippen MR) is 82.8 cm³/mol. The number of carbonyl (C=O) groups is 1. The summed E-state index contributed by atoms with van der Waals surface area (Å²) in [6, 6.07) is 8.54. The van der Waals surface area contributed by atoms with Crippen LogP contribution in [0, 0.1) is 5.92 Å². The molecule has 110 valence electrons. The average Bonchev–Trinajstić information content (AvgIpc) is 2.86. The van der Waals surface area contributed by atoms with Crippen LogP contribution in [0.4, 0.5) is 0 Å². The van der Waals surface area contributed by atoms with Gasteiger partial charge in [-0.2, -0.15) is 0 Å². The Hall–Kier alpha value is -1.06. The van der Waals surface area contributed by atoms with E-state index in [1.165, 1.54) is 5.56 Å². The van der Waals surface area contributed by atoms with E-state index < -0.39 is 0 Å². The first-order valence-corrected chi connectivity index (χ1v) is 7.65. The number of nitrogens with zero attached hydrogens (tertiary/aromatic N) is 1. The normalized spacial score (nSPS) is 20.4. The Morgan fingerprint density at radius 2 is 2.15 bits per heavy atom. The molecule has 1 heterocycles. The first-order chi connectivity index (χ1) is 9.47. The smallest absolute Gasteiger partial charge is 0.225 e. The van der Waals surface area contributed by atoms with Gasteiger partial charge in [-0.25, -0.2) is 0 Å². The Morgan fingerprint density at radius 1 is 1.40 bits per heavy atom. The number of hydrogen-bond donors (Lipinski definition) is 1. The maximum atomic E-state index is 12.0. The number of benzene rings is 1. The first kappa shape index (κ1) is 15.3. The molecule has 0 spiro atoms. The highest BCUT2D eigenvalue weighted by Gasteiger charge is 2.28. The second-order valence-corrected chi connectivity index (χ2v) is 6.30. The zero-order valence-corrected chi connectivity index (χ0v) is 13.2. The third-order valence-corrected chi connectivity index (χ3v) is 4.06. The van der Waals surface area contributed by atoms with Crippen LogP contribution in [0.5, 0.6) is 0 Å². The lowest BCUT2D eigenvalue weighted by Crippen LogP contribution is -2.37. The SMILES string of the molecule is CC(C)C(=O)N1CC[C@H](N[C@@H](C)c2cccc(Cl)c2)C1. The fourth-order valence-electron chi connectivity index (χ4n) is 2.69. The number of amides is 1. The van der Waals surface area contributed by atoms with Crippen LogP contribution in [0.2, 0.25) is 5.02 Å². The second kappa shape index (κ2) is 6.59. The van der Waals surface area contributed by atoms with Gasteiger partial charge in [0.15, 0.2) is 0 Å². The van der Waals surface area contributed by atoms with Gasteiger partial charge in [-0.15, -0.1) is 0 Å². The van der Waals surface area contributed by atoms with Crippen LogP contribution in [0.25, 0.3) is 0 Å². The van der Waals surface area contributed by atoms with Gasteiger partial charge < -0.3 is 10.2 Å². The van der Waals surface area contributed by atoms with Gasteiger partial charge in [0.05, 0.1) is 0 Å². The number of halogens is 1. The molecule has 0 aromatic heterocycles. The summed E-state index contributed by atoms with van der Waals surface area (Å²) in [6.07, 6.45) is 1.02. The molecule has 1 aromatic rings. The van der Waals surface area contributed by atoms with Crippen molar-refractivity contribution in [2.24, 2.45) is 5.92 Å². The fourth-order valence-corrected chi connectivity index (χ4v) is 2.89. The lowest BCUT2D eigenvalue weighted by atomic mass is 10.1. The predicted octanol–water partition coefficient (Wildman–Crippen LogP) is 3.25. The molecule has 1 amide bonds. The van der Waals surface area contributed by atoms with Gasteiger partial charge >= 0.3 is 0 Å². The van der Waals surface area contributed by atoms with Gasteiger partial charge in [0.1, 0.15) is 0 Å². The van der Waals surface area contributed by atoms with Gasteiger partial charge in [0, 0.05) is 36.1 Å². The van der Waals surface area contributed by atoms with Crippen LogP contribution in [-0.2, 0) is 4.79 Å². The van der Waals surface area contributed by atoms with E-state index in [1.54, 1.807) is 0 Å². The van der Waals surface area contributed by atoms with Gasteiger partial charge in [0.2, 0.25) is 5.91 Å². The molecule has 20 heavy (non-hydrogen) atoms. The molecule has 0 aliphatic carbocycles. The van der Waals surface area contributed by atoms with Crippen molar-refractivity contribution in [3.05, 3.63) is 34.9 Å². The topological polar surface area (TPSA) is 32.3 Å².